The van der Waals surface area contributed by atoms with Gasteiger partial charge in [-0.1, -0.05) is 11.8 Å². The van der Waals surface area contributed by atoms with E-state index in [2.05, 4.69) is 19.4 Å². The molecule has 3 rings (SSSR count). The second-order valence-corrected chi connectivity index (χ2v) is 6.03. The Kier molecular flexibility index (Phi) is 3.14. The second-order valence-electron chi connectivity index (χ2n) is 4.02. The third-order valence-corrected chi connectivity index (χ3v) is 4.63. The Balaban J connectivity index is 2.19. The Morgan fingerprint density at radius 1 is 1.45 bits per heavy atom. The topological polar surface area (TPSA) is 93.8 Å². The van der Waals surface area contributed by atoms with Gasteiger partial charge < -0.3 is 5.11 Å². The number of carboxylic acid groups (broad SMARTS) is 1. The third kappa shape index (κ3) is 2.14. The molecule has 0 aromatic carbocycles. The van der Waals surface area contributed by atoms with Crippen molar-refractivity contribution in [2.45, 2.75) is 16.2 Å². The molecule has 0 saturated carbocycles. The van der Waals surface area contributed by atoms with Crippen molar-refractivity contribution in [2.75, 3.05) is 0 Å². The van der Waals surface area contributed by atoms with Crippen molar-refractivity contribution in [1.29, 1.82) is 0 Å². The zero-order chi connectivity index (χ0) is 14.3. The molecule has 0 aliphatic heterocycles. The highest BCUT2D eigenvalue weighted by molar-refractivity contribution is 8.01. The number of carboxylic acids is 1. The predicted molar refractivity (Wildman–Crippen MR) is 74.2 cm³/mol. The van der Waals surface area contributed by atoms with E-state index >= 15 is 0 Å². The van der Waals surface area contributed by atoms with Gasteiger partial charge >= 0.3 is 5.97 Å². The van der Waals surface area contributed by atoms with Crippen LogP contribution < -0.4 is 0 Å². The van der Waals surface area contributed by atoms with Crippen LogP contribution in [0.5, 0.6) is 0 Å². The van der Waals surface area contributed by atoms with E-state index in [0.29, 0.717) is 26.1 Å². The van der Waals surface area contributed by atoms with Crippen LogP contribution in [0.4, 0.5) is 0 Å². The summed E-state index contributed by atoms with van der Waals surface area (Å²) < 4.78 is 6.40. The Labute approximate surface area is 121 Å². The first kappa shape index (κ1) is 13.0. The van der Waals surface area contributed by atoms with E-state index < -0.39 is 5.97 Å². The second kappa shape index (κ2) is 4.84. The van der Waals surface area contributed by atoms with Gasteiger partial charge in [0, 0.05) is 18.1 Å². The van der Waals surface area contributed by atoms with Crippen LogP contribution in [0.3, 0.4) is 0 Å². The van der Waals surface area contributed by atoms with E-state index in [1.165, 1.54) is 29.5 Å². The molecule has 0 unspecified atom stereocenters. The first-order valence-electron chi connectivity index (χ1n) is 5.58. The molecule has 0 atom stereocenters. The van der Waals surface area contributed by atoms with Crippen LogP contribution in [0.1, 0.15) is 16.2 Å². The van der Waals surface area contributed by atoms with Gasteiger partial charge in [0.1, 0.15) is 5.82 Å². The fraction of sp³-hybridized carbons (Fsp3) is 0.182. The molecule has 102 valence electrons. The number of fused-ring (bicyclic) bond motifs is 1. The van der Waals surface area contributed by atoms with Gasteiger partial charge in [-0.25, -0.2) is 14.8 Å². The molecule has 0 aliphatic rings. The van der Waals surface area contributed by atoms with Crippen LogP contribution in [0, 0.1) is 6.92 Å². The van der Waals surface area contributed by atoms with Crippen molar-refractivity contribution in [3.8, 4) is 0 Å². The summed E-state index contributed by atoms with van der Waals surface area (Å²) in [4.78, 5) is 20.3. The average molecular weight is 307 g/mol. The summed E-state index contributed by atoms with van der Waals surface area (Å²) in [5.74, 6) is -0.349. The lowest BCUT2D eigenvalue weighted by Crippen LogP contribution is -2.01. The largest absolute Gasteiger partial charge is 0.478 e. The summed E-state index contributed by atoms with van der Waals surface area (Å²) in [6.07, 6.45) is 2.97. The normalized spacial score (nSPS) is 11.1. The minimum atomic E-state index is -1.02. The fourth-order valence-electron chi connectivity index (χ4n) is 1.74. The number of aromatic carboxylic acids is 1. The van der Waals surface area contributed by atoms with E-state index in [4.69, 9.17) is 0 Å². The number of pyridine rings is 1. The number of aromatic nitrogens is 5. The highest BCUT2D eigenvalue weighted by Gasteiger charge is 2.19. The van der Waals surface area contributed by atoms with Crippen LogP contribution >= 0.6 is 23.3 Å². The summed E-state index contributed by atoms with van der Waals surface area (Å²) in [5, 5.41) is 14.1. The Hall–Kier alpha value is -2.00. The molecule has 0 amide bonds. The van der Waals surface area contributed by atoms with Gasteiger partial charge in [-0.2, -0.15) is 9.47 Å². The van der Waals surface area contributed by atoms with Gasteiger partial charge in [0.05, 0.1) is 17.1 Å². The van der Waals surface area contributed by atoms with Crippen molar-refractivity contribution in [3.05, 3.63) is 23.8 Å². The van der Waals surface area contributed by atoms with Gasteiger partial charge in [0.2, 0.25) is 0 Å². The highest BCUT2D eigenvalue weighted by Crippen LogP contribution is 2.36. The van der Waals surface area contributed by atoms with Gasteiger partial charge in [0.25, 0.3) is 0 Å². The quantitative estimate of drug-likeness (QED) is 0.790. The maximum atomic E-state index is 11.4. The van der Waals surface area contributed by atoms with Crippen LogP contribution in [0.25, 0.3) is 11.0 Å². The minimum absolute atomic E-state index is 0.142. The van der Waals surface area contributed by atoms with Gasteiger partial charge in [-0.15, -0.1) is 0 Å². The minimum Gasteiger partial charge on any atom is -0.478 e. The van der Waals surface area contributed by atoms with E-state index in [9.17, 15) is 9.90 Å². The van der Waals surface area contributed by atoms with E-state index in [1.807, 2.05) is 0 Å². The SMILES string of the molecule is Cc1nsc(Sc2c(C(=O)O)cnc3c2cnn3C)n1. The average Bonchev–Trinajstić information content (AvgIpc) is 2.97. The van der Waals surface area contributed by atoms with Crippen LogP contribution in [0.2, 0.25) is 0 Å². The van der Waals surface area contributed by atoms with E-state index in [1.54, 1.807) is 24.9 Å². The summed E-state index contributed by atoms with van der Waals surface area (Å²) in [6, 6.07) is 0. The maximum absolute atomic E-state index is 11.4. The van der Waals surface area contributed by atoms with Crippen molar-refractivity contribution < 1.29 is 9.90 Å². The predicted octanol–water partition coefficient (Wildman–Crippen LogP) is 1.98. The number of carbonyl (C=O) groups is 1. The van der Waals surface area contributed by atoms with E-state index in [-0.39, 0.29) is 5.56 Å². The molecule has 9 heteroatoms. The summed E-state index contributed by atoms with van der Waals surface area (Å²) >= 11 is 2.52. The van der Waals surface area contributed by atoms with Gasteiger partial charge in [0.15, 0.2) is 9.99 Å². The molecule has 3 aromatic heterocycles. The van der Waals surface area contributed by atoms with Crippen molar-refractivity contribution in [2.24, 2.45) is 7.05 Å². The van der Waals surface area contributed by atoms with E-state index in [0.717, 1.165) is 0 Å². The van der Waals surface area contributed by atoms with Gasteiger partial charge in [-0.3, -0.25) is 4.68 Å². The number of nitrogens with zero attached hydrogens (tertiary/aromatic N) is 5. The molecule has 0 saturated heterocycles. The Bertz CT molecular complexity index is 810. The zero-order valence-corrected chi connectivity index (χ0v) is 12.2. The lowest BCUT2D eigenvalue weighted by Gasteiger charge is -2.04. The molecule has 0 aliphatic carbocycles. The molecule has 1 N–H and O–H groups in total. The summed E-state index contributed by atoms with van der Waals surface area (Å²) in [6.45, 7) is 1.80. The molecule has 0 fully saturated rings. The third-order valence-electron chi connectivity index (χ3n) is 2.64. The van der Waals surface area contributed by atoms with Crippen LogP contribution in [-0.4, -0.2) is 35.2 Å². The Morgan fingerprint density at radius 2 is 2.25 bits per heavy atom. The smallest absolute Gasteiger partial charge is 0.338 e. The van der Waals surface area contributed by atoms with Gasteiger partial charge in [-0.05, 0) is 18.5 Å². The fourth-order valence-corrected chi connectivity index (χ4v) is 3.53. The monoisotopic (exact) mass is 307 g/mol. The molecule has 0 bridgehead atoms. The number of aryl methyl sites for hydroxylation is 2. The summed E-state index contributed by atoms with van der Waals surface area (Å²) in [5.41, 5.74) is 0.780. The molecule has 0 spiro atoms. The molecule has 0 radical (unpaired) electrons. The lowest BCUT2D eigenvalue weighted by atomic mass is 10.2. The molecule has 3 heterocycles. The molecular formula is C11H9N5O2S2. The van der Waals surface area contributed by atoms with Crippen molar-refractivity contribution in [3.63, 3.8) is 0 Å². The zero-order valence-electron chi connectivity index (χ0n) is 10.6. The molecule has 7 nitrogen and oxygen atoms in total. The molecular weight excluding hydrogens is 298 g/mol. The lowest BCUT2D eigenvalue weighted by molar-refractivity contribution is 0.0693. The number of hydrogen-bond acceptors (Lipinski definition) is 7. The Morgan fingerprint density at radius 3 is 2.90 bits per heavy atom. The highest BCUT2D eigenvalue weighted by atomic mass is 32.2. The molecule has 20 heavy (non-hydrogen) atoms. The summed E-state index contributed by atoms with van der Waals surface area (Å²) in [7, 11) is 1.76. The van der Waals surface area contributed by atoms with Crippen molar-refractivity contribution in [1.82, 2.24) is 24.1 Å². The van der Waals surface area contributed by atoms with Crippen molar-refractivity contribution >= 4 is 40.3 Å². The molecule has 3 aromatic rings. The number of hydrogen-bond donors (Lipinski definition) is 1. The standard InChI is InChI=1S/C11H9N5O2S2/c1-5-14-11(20-15-5)19-8-6-4-13-16(2)9(6)12-3-7(8)10(17)18/h3-4H,1-2H3,(H,17,18). The number of rotatable bonds is 3. The van der Waals surface area contributed by atoms with Crippen LogP contribution in [0.15, 0.2) is 21.6 Å². The van der Waals surface area contributed by atoms with Crippen LogP contribution in [-0.2, 0) is 7.05 Å². The maximum Gasteiger partial charge on any atom is 0.338 e. The first-order valence-corrected chi connectivity index (χ1v) is 7.17. The first-order chi connectivity index (χ1) is 9.56.